The summed E-state index contributed by atoms with van der Waals surface area (Å²) in [5.74, 6) is 0.614. The standard InChI is InChI=1S/C15H21Cl2N/c1-10(2)8-14(18)15(6-3-7-15)12-5-4-11(16)9-13(12)17/h4-5,9-10,14H,3,6-8,18H2,1-2H3. The molecule has 1 saturated carbocycles. The molecule has 1 nitrogen and oxygen atoms in total. The molecule has 1 aliphatic rings. The summed E-state index contributed by atoms with van der Waals surface area (Å²) < 4.78 is 0. The SMILES string of the molecule is CC(C)CC(N)C1(c2ccc(Cl)cc2Cl)CCC1. The summed E-state index contributed by atoms with van der Waals surface area (Å²) in [5, 5.41) is 1.46. The second kappa shape index (κ2) is 5.40. The molecule has 0 aromatic heterocycles. The summed E-state index contributed by atoms with van der Waals surface area (Å²) in [6, 6.07) is 6.00. The second-order valence-corrected chi connectivity index (χ2v) is 6.71. The predicted molar refractivity (Wildman–Crippen MR) is 79.4 cm³/mol. The molecule has 1 fully saturated rings. The lowest BCUT2D eigenvalue weighted by Crippen LogP contribution is -2.51. The molecule has 3 heteroatoms. The molecule has 2 N–H and O–H groups in total. The Balaban J connectivity index is 2.32. The first kappa shape index (κ1) is 14.2. The van der Waals surface area contributed by atoms with E-state index < -0.39 is 0 Å². The highest BCUT2D eigenvalue weighted by atomic mass is 35.5. The van der Waals surface area contributed by atoms with Crippen LogP contribution in [0.4, 0.5) is 0 Å². The van der Waals surface area contributed by atoms with Crippen LogP contribution in [-0.4, -0.2) is 6.04 Å². The van der Waals surface area contributed by atoms with Gasteiger partial charge in [0.15, 0.2) is 0 Å². The second-order valence-electron chi connectivity index (χ2n) is 5.87. The Labute approximate surface area is 120 Å². The molecule has 100 valence electrons. The molecule has 1 aromatic carbocycles. The van der Waals surface area contributed by atoms with Gasteiger partial charge in [-0.3, -0.25) is 0 Å². The topological polar surface area (TPSA) is 26.0 Å². The minimum absolute atomic E-state index is 0.0753. The van der Waals surface area contributed by atoms with Crippen LogP contribution in [0.5, 0.6) is 0 Å². The average molecular weight is 286 g/mol. The Hall–Kier alpha value is -0.240. The molecule has 1 unspecified atom stereocenters. The van der Waals surface area contributed by atoms with Gasteiger partial charge in [0.2, 0.25) is 0 Å². The van der Waals surface area contributed by atoms with E-state index in [4.69, 9.17) is 28.9 Å². The van der Waals surface area contributed by atoms with Gasteiger partial charge in [-0.2, -0.15) is 0 Å². The molecular formula is C15H21Cl2N. The highest BCUT2D eigenvalue weighted by Crippen LogP contribution is 2.49. The molecule has 0 heterocycles. The number of nitrogens with two attached hydrogens (primary N) is 1. The van der Waals surface area contributed by atoms with E-state index in [1.165, 1.54) is 12.0 Å². The van der Waals surface area contributed by atoms with Crippen molar-refractivity contribution in [1.82, 2.24) is 0 Å². The lowest BCUT2D eigenvalue weighted by molar-refractivity contribution is 0.178. The number of rotatable bonds is 4. The molecule has 0 aliphatic heterocycles. The maximum atomic E-state index is 6.46. The molecule has 0 bridgehead atoms. The van der Waals surface area contributed by atoms with E-state index in [1.807, 2.05) is 12.1 Å². The summed E-state index contributed by atoms with van der Waals surface area (Å²) in [4.78, 5) is 0. The average Bonchev–Trinajstić information content (AvgIpc) is 2.18. The zero-order valence-electron chi connectivity index (χ0n) is 11.0. The van der Waals surface area contributed by atoms with E-state index in [2.05, 4.69) is 19.9 Å². The summed E-state index contributed by atoms with van der Waals surface area (Å²) >= 11 is 12.3. The molecule has 0 radical (unpaired) electrons. The quantitative estimate of drug-likeness (QED) is 0.846. The Bertz CT molecular complexity index is 425. The van der Waals surface area contributed by atoms with Gasteiger partial charge < -0.3 is 5.73 Å². The molecule has 1 aliphatic carbocycles. The van der Waals surface area contributed by atoms with Gasteiger partial charge in [-0.15, -0.1) is 0 Å². The van der Waals surface area contributed by atoms with Gasteiger partial charge in [0, 0.05) is 21.5 Å². The van der Waals surface area contributed by atoms with Crippen LogP contribution in [0.3, 0.4) is 0 Å². The lowest BCUT2D eigenvalue weighted by atomic mass is 9.59. The minimum Gasteiger partial charge on any atom is -0.327 e. The largest absolute Gasteiger partial charge is 0.327 e. The van der Waals surface area contributed by atoms with Crippen molar-refractivity contribution < 1.29 is 0 Å². The van der Waals surface area contributed by atoms with Crippen molar-refractivity contribution in [2.45, 2.75) is 51.0 Å². The maximum absolute atomic E-state index is 6.46. The first-order valence-electron chi connectivity index (χ1n) is 6.67. The van der Waals surface area contributed by atoms with Crippen LogP contribution >= 0.6 is 23.2 Å². The third kappa shape index (κ3) is 2.54. The van der Waals surface area contributed by atoms with E-state index in [-0.39, 0.29) is 11.5 Å². The van der Waals surface area contributed by atoms with Crippen LogP contribution in [0.2, 0.25) is 10.0 Å². The molecular weight excluding hydrogens is 265 g/mol. The third-order valence-electron chi connectivity index (χ3n) is 4.15. The van der Waals surface area contributed by atoms with Gasteiger partial charge in [-0.25, -0.2) is 0 Å². The molecule has 0 saturated heterocycles. The fourth-order valence-corrected chi connectivity index (χ4v) is 3.62. The summed E-state index contributed by atoms with van der Waals surface area (Å²) in [6.07, 6.45) is 4.56. The van der Waals surface area contributed by atoms with Gasteiger partial charge in [0.1, 0.15) is 0 Å². The summed E-state index contributed by atoms with van der Waals surface area (Å²) in [5.41, 5.74) is 7.73. The van der Waals surface area contributed by atoms with E-state index in [0.29, 0.717) is 10.9 Å². The monoisotopic (exact) mass is 285 g/mol. The zero-order valence-corrected chi connectivity index (χ0v) is 12.6. The van der Waals surface area contributed by atoms with Gasteiger partial charge in [0.25, 0.3) is 0 Å². The minimum atomic E-state index is 0.0753. The van der Waals surface area contributed by atoms with Crippen LogP contribution < -0.4 is 5.73 Å². The van der Waals surface area contributed by atoms with E-state index in [9.17, 15) is 0 Å². The Kier molecular flexibility index (Phi) is 4.25. The zero-order chi connectivity index (χ0) is 13.3. The normalized spacial score (nSPS) is 19.7. The van der Waals surface area contributed by atoms with Crippen molar-refractivity contribution in [3.8, 4) is 0 Å². The van der Waals surface area contributed by atoms with E-state index in [1.54, 1.807) is 0 Å². The maximum Gasteiger partial charge on any atom is 0.0459 e. The number of halogens is 2. The number of hydrogen-bond donors (Lipinski definition) is 1. The van der Waals surface area contributed by atoms with Crippen LogP contribution in [0.15, 0.2) is 18.2 Å². The first-order chi connectivity index (χ1) is 8.45. The van der Waals surface area contributed by atoms with Gasteiger partial charge in [-0.05, 0) is 42.9 Å². The fraction of sp³-hybridized carbons (Fsp3) is 0.600. The third-order valence-corrected chi connectivity index (χ3v) is 4.70. The van der Waals surface area contributed by atoms with Gasteiger partial charge in [0.05, 0.1) is 0 Å². The molecule has 0 amide bonds. The van der Waals surface area contributed by atoms with Crippen LogP contribution in [0, 0.1) is 5.92 Å². The lowest BCUT2D eigenvalue weighted by Gasteiger charge is -2.48. The first-order valence-corrected chi connectivity index (χ1v) is 7.42. The van der Waals surface area contributed by atoms with E-state index >= 15 is 0 Å². The van der Waals surface area contributed by atoms with E-state index in [0.717, 1.165) is 24.3 Å². The number of hydrogen-bond acceptors (Lipinski definition) is 1. The highest BCUT2D eigenvalue weighted by Gasteiger charge is 2.44. The van der Waals surface area contributed by atoms with Crippen LogP contribution in [0.1, 0.15) is 45.1 Å². The number of benzene rings is 1. The molecule has 1 aromatic rings. The van der Waals surface area contributed by atoms with Crippen molar-refractivity contribution in [3.63, 3.8) is 0 Å². The Morgan fingerprint density at radius 2 is 1.94 bits per heavy atom. The molecule has 18 heavy (non-hydrogen) atoms. The van der Waals surface area contributed by atoms with Gasteiger partial charge in [-0.1, -0.05) is 49.5 Å². The molecule has 1 atom stereocenters. The van der Waals surface area contributed by atoms with Crippen molar-refractivity contribution in [1.29, 1.82) is 0 Å². The summed E-state index contributed by atoms with van der Waals surface area (Å²) in [6.45, 7) is 4.44. The Morgan fingerprint density at radius 1 is 1.28 bits per heavy atom. The smallest absolute Gasteiger partial charge is 0.0459 e. The van der Waals surface area contributed by atoms with Crippen molar-refractivity contribution in [2.75, 3.05) is 0 Å². The molecule has 2 rings (SSSR count). The fourth-order valence-electron chi connectivity index (χ4n) is 3.02. The predicted octanol–water partition coefficient (Wildman–Crippen LogP) is 4.79. The van der Waals surface area contributed by atoms with Gasteiger partial charge >= 0.3 is 0 Å². The van der Waals surface area contributed by atoms with Crippen LogP contribution in [0.25, 0.3) is 0 Å². The van der Waals surface area contributed by atoms with Crippen molar-refractivity contribution >= 4 is 23.2 Å². The van der Waals surface area contributed by atoms with Crippen LogP contribution in [-0.2, 0) is 5.41 Å². The Morgan fingerprint density at radius 3 is 2.39 bits per heavy atom. The van der Waals surface area contributed by atoms with Crippen molar-refractivity contribution in [3.05, 3.63) is 33.8 Å². The van der Waals surface area contributed by atoms with Crippen molar-refractivity contribution in [2.24, 2.45) is 11.7 Å². The summed E-state index contributed by atoms with van der Waals surface area (Å²) in [7, 11) is 0. The molecule has 0 spiro atoms. The highest BCUT2D eigenvalue weighted by molar-refractivity contribution is 6.35.